The molecule has 2 amide bonds. The van der Waals surface area contributed by atoms with Gasteiger partial charge in [-0.05, 0) is 80.3 Å². The van der Waals surface area contributed by atoms with Gasteiger partial charge in [0.25, 0.3) is 5.91 Å². The van der Waals surface area contributed by atoms with Crippen LogP contribution in [0.5, 0.6) is 0 Å². The standard InChI is InChI=1S/C28H24ClN3O2S/c1-17-4-11-22(12-5-17)31-26(33)24(16-30)28-32(23-13-6-18(2)19(3)14-23)27(34)25(35-28)15-20-7-9-21(29)10-8-20/h4-14,25H,15H2,1-3H3,(H,31,33)/b28-24-. The third kappa shape index (κ3) is 5.43. The molecule has 0 radical (unpaired) electrons. The second-order valence-electron chi connectivity index (χ2n) is 8.49. The number of carbonyl (C=O) groups excluding carboxylic acids is 2. The first-order valence-electron chi connectivity index (χ1n) is 11.1. The monoisotopic (exact) mass is 501 g/mol. The van der Waals surface area contributed by atoms with Crippen LogP contribution in [-0.2, 0) is 16.0 Å². The third-order valence-corrected chi connectivity index (χ3v) is 7.41. The number of aryl methyl sites for hydroxylation is 3. The van der Waals surface area contributed by atoms with Crippen LogP contribution in [0.25, 0.3) is 0 Å². The van der Waals surface area contributed by atoms with E-state index in [0.29, 0.717) is 27.8 Å². The van der Waals surface area contributed by atoms with Gasteiger partial charge in [-0.1, -0.05) is 59.3 Å². The summed E-state index contributed by atoms with van der Waals surface area (Å²) in [6.07, 6.45) is 0.448. The zero-order valence-corrected chi connectivity index (χ0v) is 21.2. The van der Waals surface area contributed by atoms with E-state index < -0.39 is 11.2 Å². The first kappa shape index (κ1) is 24.6. The molecule has 4 rings (SSSR count). The normalized spacial score (nSPS) is 16.7. The highest BCUT2D eigenvalue weighted by molar-refractivity contribution is 8.05. The summed E-state index contributed by atoms with van der Waals surface area (Å²) in [6, 6.07) is 22.4. The molecule has 7 heteroatoms. The molecule has 1 atom stereocenters. The van der Waals surface area contributed by atoms with E-state index >= 15 is 0 Å². The maximum atomic E-state index is 13.6. The van der Waals surface area contributed by atoms with E-state index in [4.69, 9.17) is 11.6 Å². The number of halogens is 1. The van der Waals surface area contributed by atoms with Crippen molar-refractivity contribution in [1.29, 1.82) is 5.26 Å². The number of amides is 2. The van der Waals surface area contributed by atoms with Crippen molar-refractivity contribution < 1.29 is 9.59 Å². The fourth-order valence-electron chi connectivity index (χ4n) is 3.75. The summed E-state index contributed by atoms with van der Waals surface area (Å²) >= 11 is 7.26. The van der Waals surface area contributed by atoms with Crippen molar-refractivity contribution in [1.82, 2.24) is 0 Å². The number of benzene rings is 3. The molecule has 1 saturated heterocycles. The van der Waals surface area contributed by atoms with Crippen molar-refractivity contribution in [2.75, 3.05) is 10.2 Å². The predicted octanol–water partition coefficient (Wildman–Crippen LogP) is 6.33. The Morgan fingerprint density at radius 2 is 1.71 bits per heavy atom. The number of anilines is 2. The van der Waals surface area contributed by atoms with Gasteiger partial charge in [-0.2, -0.15) is 5.26 Å². The lowest BCUT2D eigenvalue weighted by molar-refractivity contribution is -0.117. The van der Waals surface area contributed by atoms with E-state index in [0.717, 1.165) is 22.3 Å². The predicted molar refractivity (Wildman–Crippen MR) is 142 cm³/mol. The van der Waals surface area contributed by atoms with Crippen LogP contribution in [0.3, 0.4) is 0 Å². The molecule has 1 heterocycles. The van der Waals surface area contributed by atoms with Gasteiger partial charge in [0.2, 0.25) is 5.91 Å². The number of carbonyl (C=O) groups is 2. The highest BCUT2D eigenvalue weighted by atomic mass is 35.5. The second kappa shape index (κ2) is 10.4. The van der Waals surface area contributed by atoms with Gasteiger partial charge in [0.05, 0.1) is 5.25 Å². The molecule has 0 bridgehead atoms. The molecule has 1 unspecified atom stereocenters. The van der Waals surface area contributed by atoms with E-state index in [-0.39, 0.29) is 11.5 Å². The quantitative estimate of drug-likeness (QED) is 0.327. The lowest BCUT2D eigenvalue weighted by Gasteiger charge is -2.20. The minimum absolute atomic E-state index is 0.0965. The van der Waals surface area contributed by atoms with Crippen LogP contribution in [0.2, 0.25) is 5.02 Å². The number of nitrogens with one attached hydrogen (secondary N) is 1. The van der Waals surface area contributed by atoms with Gasteiger partial charge in [0.1, 0.15) is 16.7 Å². The number of thioether (sulfide) groups is 1. The second-order valence-corrected chi connectivity index (χ2v) is 10.1. The molecule has 35 heavy (non-hydrogen) atoms. The van der Waals surface area contributed by atoms with Crippen LogP contribution in [0.15, 0.2) is 77.3 Å². The minimum Gasteiger partial charge on any atom is -0.321 e. The Morgan fingerprint density at radius 1 is 1.03 bits per heavy atom. The van der Waals surface area contributed by atoms with Gasteiger partial charge in [-0.3, -0.25) is 14.5 Å². The summed E-state index contributed by atoms with van der Waals surface area (Å²) in [6.45, 7) is 5.92. The Balaban J connectivity index is 1.74. The van der Waals surface area contributed by atoms with E-state index in [2.05, 4.69) is 5.32 Å². The smallest absolute Gasteiger partial charge is 0.269 e. The molecule has 3 aromatic carbocycles. The summed E-state index contributed by atoms with van der Waals surface area (Å²) in [5.74, 6) is -0.716. The molecule has 1 fully saturated rings. The molecule has 5 nitrogen and oxygen atoms in total. The van der Waals surface area contributed by atoms with Crippen LogP contribution in [-0.4, -0.2) is 17.1 Å². The molecule has 0 saturated carbocycles. The van der Waals surface area contributed by atoms with Crippen molar-refractivity contribution in [3.63, 3.8) is 0 Å². The van der Waals surface area contributed by atoms with Crippen LogP contribution in [0, 0.1) is 32.1 Å². The Hall–Kier alpha value is -3.53. The van der Waals surface area contributed by atoms with Crippen LogP contribution < -0.4 is 10.2 Å². The summed E-state index contributed by atoms with van der Waals surface area (Å²) < 4.78 is 0. The Morgan fingerprint density at radius 3 is 2.34 bits per heavy atom. The molecule has 0 aromatic heterocycles. The molecule has 0 spiro atoms. The summed E-state index contributed by atoms with van der Waals surface area (Å²) in [5, 5.41) is 13.3. The van der Waals surface area contributed by atoms with E-state index in [1.165, 1.54) is 16.7 Å². The van der Waals surface area contributed by atoms with Crippen molar-refractivity contribution >= 4 is 46.6 Å². The number of nitrogens with zero attached hydrogens (tertiary/aromatic N) is 2. The fraction of sp³-hybridized carbons (Fsp3) is 0.179. The van der Waals surface area contributed by atoms with Crippen molar-refractivity contribution in [3.8, 4) is 6.07 Å². The maximum absolute atomic E-state index is 13.6. The zero-order chi connectivity index (χ0) is 25.1. The van der Waals surface area contributed by atoms with Crippen LogP contribution in [0.1, 0.15) is 22.3 Å². The zero-order valence-electron chi connectivity index (χ0n) is 19.6. The van der Waals surface area contributed by atoms with Gasteiger partial charge in [0, 0.05) is 16.4 Å². The topological polar surface area (TPSA) is 73.2 Å². The number of nitriles is 1. The lowest BCUT2D eigenvalue weighted by atomic mass is 10.1. The summed E-state index contributed by atoms with van der Waals surface area (Å²) in [7, 11) is 0. The lowest BCUT2D eigenvalue weighted by Crippen LogP contribution is -2.31. The molecule has 0 aliphatic carbocycles. The van der Waals surface area contributed by atoms with Crippen LogP contribution >= 0.6 is 23.4 Å². The van der Waals surface area contributed by atoms with Gasteiger partial charge in [-0.25, -0.2) is 0 Å². The van der Waals surface area contributed by atoms with E-state index in [1.807, 2.05) is 69.3 Å². The molecule has 1 N–H and O–H groups in total. The van der Waals surface area contributed by atoms with E-state index in [9.17, 15) is 14.9 Å². The van der Waals surface area contributed by atoms with Gasteiger partial charge >= 0.3 is 0 Å². The minimum atomic E-state index is -0.548. The Labute approximate surface area is 214 Å². The van der Waals surface area contributed by atoms with Gasteiger partial charge in [0.15, 0.2) is 0 Å². The fourth-order valence-corrected chi connectivity index (χ4v) is 5.19. The first-order valence-corrected chi connectivity index (χ1v) is 12.4. The molecular formula is C28H24ClN3O2S. The molecule has 176 valence electrons. The summed E-state index contributed by atoms with van der Waals surface area (Å²) in [4.78, 5) is 28.3. The molecular weight excluding hydrogens is 478 g/mol. The first-order chi connectivity index (χ1) is 16.8. The van der Waals surface area contributed by atoms with E-state index in [1.54, 1.807) is 24.3 Å². The largest absolute Gasteiger partial charge is 0.321 e. The maximum Gasteiger partial charge on any atom is 0.269 e. The number of hydrogen-bond acceptors (Lipinski definition) is 4. The summed E-state index contributed by atoms with van der Waals surface area (Å²) in [5.41, 5.74) is 5.24. The Bertz CT molecular complexity index is 1360. The van der Waals surface area contributed by atoms with Crippen molar-refractivity contribution in [2.24, 2.45) is 0 Å². The average molecular weight is 502 g/mol. The Kier molecular flexibility index (Phi) is 7.30. The highest BCUT2D eigenvalue weighted by Gasteiger charge is 2.41. The SMILES string of the molecule is Cc1ccc(NC(=O)/C(C#N)=C2\SC(Cc3ccc(Cl)cc3)C(=O)N2c2ccc(C)c(C)c2)cc1. The van der Waals surface area contributed by atoms with Crippen LogP contribution in [0.4, 0.5) is 11.4 Å². The number of rotatable bonds is 5. The van der Waals surface area contributed by atoms with Crippen molar-refractivity contribution in [3.05, 3.63) is 105 Å². The van der Waals surface area contributed by atoms with Gasteiger partial charge < -0.3 is 5.32 Å². The van der Waals surface area contributed by atoms with Crippen molar-refractivity contribution in [2.45, 2.75) is 32.4 Å². The highest BCUT2D eigenvalue weighted by Crippen LogP contribution is 2.42. The molecule has 1 aliphatic rings. The average Bonchev–Trinajstić information content (AvgIpc) is 3.14. The number of hydrogen-bond donors (Lipinski definition) is 1. The molecule has 3 aromatic rings. The molecule has 1 aliphatic heterocycles. The van der Waals surface area contributed by atoms with Gasteiger partial charge in [-0.15, -0.1) is 0 Å². The third-order valence-electron chi connectivity index (χ3n) is 5.90.